The first-order valence-corrected chi connectivity index (χ1v) is 6.19. The molecule has 0 fully saturated rings. The molecule has 0 radical (unpaired) electrons. The summed E-state index contributed by atoms with van der Waals surface area (Å²) in [7, 11) is 0. The second-order valence-electron chi connectivity index (χ2n) is 4.24. The zero-order valence-corrected chi connectivity index (χ0v) is 10.8. The summed E-state index contributed by atoms with van der Waals surface area (Å²) in [6, 6.07) is 0. The first-order chi connectivity index (χ1) is 8.07. The molecule has 0 saturated carbocycles. The summed E-state index contributed by atoms with van der Waals surface area (Å²) >= 11 is 0. The summed E-state index contributed by atoms with van der Waals surface area (Å²) in [5, 5.41) is 14.2. The van der Waals surface area contributed by atoms with Crippen LogP contribution in [0.5, 0.6) is 0 Å². The number of aliphatic hydroxyl groups is 1. The Morgan fingerprint density at radius 3 is 2.59 bits per heavy atom. The summed E-state index contributed by atoms with van der Waals surface area (Å²) < 4.78 is 1.73. The predicted molar refractivity (Wildman–Crippen MR) is 64.6 cm³/mol. The van der Waals surface area contributed by atoms with Gasteiger partial charge in [0.1, 0.15) is 17.8 Å². The number of nitrogens with zero attached hydrogens (tertiary/aromatic N) is 3. The van der Waals surface area contributed by atoms with Crippen LogP contribution in [0, 0.1) is 0 Å². The van der Waals surface area contributed by atoms with Gasteiger partial charge in [-0.25, -0.2) is 9.67 Å². The number of carbonyl (C=O) groups excluding carboxylic acids is 1. The topological polar surface area (TPSA) is 68.0 Å². The van der Waals surface area contributed by atoms with Gasteiger partial charge >= 0.3 is 0 Å². The highest BCUT2D eigenvalue weighted by Gasteiger charge is 2.32. The van der Waals surface area contributed by atoms with Crippen molar-refractivity contribution < 1.29 is 9.90 Å². The van der Waals surface area contributed by atoms with Gasteiger partial charge in [-0.15, -0.1) is 0 Å². The van der Waals surface area contributed by atoms with Crippen LogP contribution in [0.2, 0.25) is 0 Å². The van der Waals surface area contributed by atoms with Crippen molar-refractivity contribution >= 4 is 5.78 Å². The van der Waals surface area contributed by atoms with Crippen LogP contribution in [-0.2, 0) is 17.8 Å². The monoisotopic (exact) mass is 239 g/mol. The Morgan fingerprint density at radius 2 is 2.06 bits per heavy atom. The molecule has 5 nitrogen and oxygen atoms in total. The van der Waals surface area contributed by atoms with Crippen molar-refractivity contribution in [3.05, 3.63) is 12.2 Å². The van der Waals surface area contributed by atoms with Gasteiger partial charge in [-0.05, 0) is 19.3 Å². The van der Waals surface area contributed by atoms with Gasteiger partial charge in [0.25, 0.3) is 0 Å². The van der Waals surface area contributed by atoms with Crippen molar-refractivity contribution in [1.82, 2.24) is 14.8 Å². The van der Waals surface area contributed by atoms with E-state index in [2.05, 4.69) is 10.1 Å². The summed E-state index contributed by atoms with van der Waals surface area (Å²) in [4.78, 5) is 16.1. The summed E-state index contributed by atoms with van der Waals surface area (Å²) in [6.07, 6.45) is 3.41. The Balaban J connectivity index is 2.77. The van der Waals surface area contributed by atoms with Crippen molar-refractivity contribution in [2.24, 2.45) is 0 Å². The Bertz CT molecular complexity index is 370. The third-order valence-corrected chi connectivity index (χ3v) is 3.14. The van der Waals surface area contributed by atoms with E-state index in [-0.39, 0.29) is 12.2 Å². The number of aryl methyl sites for hydroxylation is 1. The van der Waals surface area contributed by atoms with E-state index in [0.717, 1.165) is 13.0 Å². The van der Waals surface area contributed by atoms with Crippen LogP contribution in [-0.4, -0.2) is 31.3 Å². The molecular weight excluding hydrogens is 218 g/mol. The van der Waals surface area contributed by atoms with Crippen LogP contribution >= 0.6 is 0 Å². The zero-order chi connectivity index (χ0) is 12.9. The molecule has 0 unspecified atom stereocenters. The van der Waals surface area contributed by atoms with E-state index >= 15 is 0 Å². The largest absolute Gasteiger partial charge is 0.382 e. The SMILES string of the molecule is CCCn1ncnc1CC(=O)C(O)(CC)CC. The van der Waals surface area contributed by atoms with Gasteiger partial charge in [-0.2, -0.15) is 5.10 Å². The fourth-order valence-corrected chi connectivity index (χ4v) is 1.78. The molecule has 0 atom stereocenters. The minimum atomic E-state index is -1.22. The molecule has 0 aromatic carbocycles. The molecular formula is C12H21N3O2. The standard InChI is InChI=1S/C12H21N3O2/c1-4-7-15-11(13-9-14-15)8-10(16)12(17,5-2)6-3/h9,17H,4-8H2,1-3H3. The lowest BCUT2D eigenvalue weighted by Crippen LogP contribution is -2.38. The zero-order valence-electron chi connectivity index (χ0n) is 10.8. The lowest BCUT2D eigenvalue weighted by Gasteiger charge is -2.23. The van der Waals surface area contributed by atoms with Crippen LogP contribution in [0.4, 0.5) is 0 Å². The molecule has 1 aromatic rings. The molecule has 5 heteroatoms. The van der Waals surface area contributed by atoms with E-state index in [1.165, 1.54) is 6.33 Å². The molecule has 0 spiro atoms. The third kappa shape index (κ3) is 3.12. The molecule has 1 rings (SSSR count). The minimum Gasteiger partial charge on any atom is -0.382 e. The second-order valence-corrected chi connectivity index (χ2v) is 4.24. The predicted octanol–water partition coefficient (Wildman–Crippen LogP) is 1.35. The van der Waals surface area contributed by atoms with E-state index in [4.69, 9.17) is 0 Å². The van der Waals surface area contributed by atoms with Crippen LogP contribution in [0.1, 0.15) is 45.9 Å². The second kappa shape index (κ2) is 5.91. The Morgan fingerprint density at radius 1 is 1.41 bits per heavy atom. The van der Waals surface area contributed by atoms with Crippen molar-refractivity contribution in [2.45, 2.75) is 58.6 Å². The first-order valence-electron chi connectivity index (χ1n) is 6.19. The summed E-state index contributed by atoms with van der Waals surface area (Å²) in [5.74, 6) is 0.463. The molecule has 0 saturated heterocycles. The maximum absolute atomic E-state index is 12.0. The van der Waals surface area contributed by atoms with Gasteiger partial charge in [0.15, 0.2) is 5.78 Å². The van der Waals surface area contributed by atoms with Crippen LogP contribution < -0.4 is 0 Å². The molecule has 0 amide bonds. The van der Waals surface area contributed by atoms with Gasteiger partial charge in [-0.1, -0.05) is 20.8 Å². The van der Waals surface area contributed by atoms with E-state index < -0.39 is 5.60 Å². The quantitative estimate of drug-likeness (QED) is 0.780. The third-order valence-electron chi connectivity index (χ3n) is 3.14. The highest BCUT2D eigenvalue weighted by Crippen LogP contribution is 2.18. The molecule has 96 valence electrons. The number of rotatable bonds is 7. The van der Waals surface area contributed by atoms with Crippen LogP contribution in [0.25, 0.3) is 0 Å². The van der Waals surface area contributed by atoms with Gasteiger partial charge in [-0.3, -0.25) is 4.79 Å². The van der Waals surface area contributed by atoms with E-state index in [1.807, 2.05) is 20.8 Å². The Hall–Kier alpha value is -1.23. The maximum atomic E-state index is 12.0. The van der Waals surface area contributed by atoms with Gasteiger partial charge in [0.05, 0.1) is 6.42 Å². The number of aromatic nitrogens is 3. The van der Waals surface area contributed by atoms with E-state index in [0.29, 0.717) is 18.7 Å². The number of ketones is 1. The summed E-state index contributed by atoms with van der Waals surface area (Å²) in [5.41, 5.74) is -1.22. The average Bonchev–Trinajstić information content (AvgIpc) is 2.76. The molecule has 0 aliphatic heterocycles. The van der Waals surface area contributed by atoms with Crippen molar-refractivity contribution in [3.63, 3.8) is 0 Å². The maximum Gasteiger partial charge on any atom is 0.171 e. The summed E-state index contributed by atoms with van der Waals surface area (Å²) in [6.45, 7) is 6.43. The van der Waals surface area contributed by atoms with Gasteiger partial charge in [0.2, 0.25) is 0 Å². The van der Waals surface area contributed by atoms with Gasteiger partial charge < -0.3 is 5.11 Å². The Labute approximate surface area is 102 Å². The fourth-order valence-electron chi connectivity index (χ4n) is 1.78. The highest BCUT2D eigenvalue weighted by atomic mass is 16.3. The number of carbonyl (C=O) groups is 1. The fraction of sp³-hybridized carbons (Fsp3) is 0.750. The van der Waals surface area contributed by atoms with E-state index in [9.17, 15) is 9.90 Å². The van der Waals surface area contributed by atoms with Crippen molar-refractivity contribution in [2.75, 3.05) is 0 Å². The average molecular weight is 239 g/mol. The van der Waals surface area contributed by atoms with Crippen LogP contribution in [0.15, 0.2) is 6.33 Å². The molecule has 0 bridgehead atoms. The van der Waals surface area contributed by atoms with Gasteiger partial charge in [0, 0.05) is 6.54 Å². The van der Waals surface area contributed by atoms with Crippen molar-refractivity contribution in [3.8, 4) is 0 Å². The Kier molecular flexibility index (Phi) is 4.81. The molecule has 0 aliphatic carbocycles. The minimum absolute atomic E-state index is 0.151. The highest BCUT2D eigenvalue weighted by molar-refractivity contribution is 5.88. The number of hydrogen-bond donors (Lipinski definition) is 1. The molecule has 0 aliphatic rings. The molecule has 17 heavy (non-hydrogen) atoms. The molecule has 1 aromatic heterocycles. The first kappa shape index (κ1) is 13.8. The van der Waals surface area contributed by atoms with E-state index in [1.54, 1.807) is 4.68 Å². The smallest absolute Gasteiger partial charge is 0.171 e. The lowest BCUT2D eigenvalue weighted by molar-refractivity contribution is -0.137. The molecule has 1 N–H and O–H groups in total. The lowest BCUT2D eigenvalue weighted by atomic mass is 9.90. The van der Waals surface area contributed by atoms with Crippen molar-refractivity contribution in [1.29, 1.82) is 0 Å². The molecule has 1 heterocycles. The number of hydrogen-bond acceptors (Lipinski definition) is 4. The van der Waals surface area contributed by atoms with Crippen LogP contribution in [0.3, 0.4) is 0 Å². The number of Topliss-reactive ketones (excluding diaryl/α,β-unsaturated/α-hetero) is 1. The normalized spacial score (nSPS) is 11.8.